The number of halogens is 2. The summed E-state index contributed by atoms with van der Waals surface area (Å²) in [5, 5.41) is 11.6. The molecule has 28 heavy (non-hydrogen) atoms. The number of nitrogens with zero attached hydrogens (tertiary/aromatic N) is 2. The SMILES string of the molecule is O=C(c1ccc(Cl)c([N+](=O)[O-])c1)N(Cc1cccc(Cl)c1)[C@@H]1CCS(=O)(=O)C1. The fourth-order valence-corrected chi connectivity index (χ4v) is 5.30. The predicted octanol–water partition coefficient (Wildman–Crippen LogP) is 3.73. The van der Waals surface area contributed by atoms with Crippen LogP contribution in [0.5, 0.6) is 0 Å². The molecule has 2 aromatic carbocycles. The maximum Gasteiger partial charge on any atom is 0.288 e. The molecular formula is C18H16Cl2N2O5S. The number of amides is 1. The van der Waals surface area contributed by atoms with Crippen LogP contribution in [-0.2, 0) is 16.4 Å². The number of benzene rings is 2. The van der Waals surface area contributed by atoms with E-state index in [-0.39, 0.29) is 34.3 Å². The van der Waals surface area contributed by atoms with Gasteiger partial charge in [0.15, 0.2) is 9.84 Å². The first kappa shape index (κ1) is 20.6. The molecule has 0 spiro atoms. The molecule has 7 nitrogen and oxygen atoms in total. The average molecular weight is 443 g/mol. The van der Waals surface area contributed by atoms with Crippen molar-refractivity contribution in [3.05, 3.63) is 73.8 Å². The van der Waals surface area contributed by atoms with Gasteiger partial charge in [-0.3, -0.25) is 14.9 Å². The smallest absolute Gasteiger partial charge is 0.288 e. The molecule has 10 heteroatoms. The lowest BCUT2D eigenvalue weighted by Gasteiger charge is -2.28. The molecule has 1 amide bonds. The summed E-state index contributed by atoms with van der Waals surface area (Å²) in [5.41, 5.74) is 0.422. The Morgan fingerprint density at radius 2 is 1.96 bits per heavy atom. The van der Waals surface area contributed by atoms with Gasteiger partial charge in [-0.1, -0.05) is 35.3 Å². The van der Waals surface area contributed by atoms with Crippen molar-refractivity contribution in [1.29, 1.82) is 0 Å². The van der Waals surface area contributed by atoms with Crippen molar-refractivity contribution < 1.29 is 18.1 Å². The van der Waals surface area contributed by atoms with E-state index < -0.39 is 26.7 Å². The largest absolute Gasteiger partial charge is 0.330 e. The second kappa shape index (κ2) is 8.06. The van der Waals surface area contributed by atoms with Gasteiger partial charge in [0, 0.05) is 29.2 Å². The topological polar surface area (TPSA) is 97.6 Å². The van der Waals surface area contributed by atoms with E-state index >= 15 is 0 Å². The van der Waals surface area contributed by atoms with E-state index in [0.29, 0.717) is 11.4 Å². The number of nitro benzene ring substituents is 1. The van der Waals surface area contributed by atoms with Crippen LogP contribution in [-0.4, -0.2) is 41.7 Å². The van der Waals surface area contributed by atoms with E-state index in [1.807, 2.05) is 0 Å². The Kier molecular flexibility index (Phi) is 5.92. The van der Waals surface area contributed by atoms with E-state index in [1.54, 1.807) is 24.3 Å². The molecule has 0 aliphatic carbocycles. The molecule has 1 fully saturated rings. The normalized spacial score (nSPS) is 18.0. The molecule has 1 heterocycles. The van der Waals surface area contributed by atoms with Crippen LogP contribution < -0.4 is 0 Å². The summed E-state index contributed by atoms with van der Waals surface area (Å²) in [4.78, 5) is 25.1. The van der Waals surface area contributed by atoms with Crippen LogP contribution in [0.4, 0.5) is 5.69 Å². The zero-order chi connectivity index (χ0) is 20.5. The van der Waals surface area contributed by atoms with Crippen LogP contribution in [0.25, 0.3) is 0 Å². The van der Waals surface area contributed by atoms with Crippen LogP contribution >= 0.6 is 23.2 Å². The molecule has 0 saturated carbocycles. The van der Waals surface area contributed by atoms with Crippen molar-refractivity contribution in [2.45, 2.75) is 19.0 Å². The Morgan fingerprint density at radius 1 is 1.21 bits per heavy atom. The van der Waals surface area contributed by atoms with Crippen LogP contribution in [0, 0.1) is 10.1 Å². The first-order chi connectivity index (χ1) is 13.2. The monoisotopic (exact) mass is 442 g/mol. The van der Waals surface area contributed by atoms with Gasteiger partial charge in [0.2, 0.25) is 0 Å². The summed E-state index contributed by atoms with van der Waals surface area (Å²) >= 11 is 11.8. The molecule has 0 bridgehead atoms. The van der Waals surface area contributed by atoms with E-state index in [1.165, 1.54) is 17.0 Å². The third kappa shape index (κ3) is 4.63. The zero-order valence-corrected chi connectivity index (χ0v) is 16.9. The first-order valence-electron chi connectivity index (χ1n) is 8.36. The number of rotatable bonds is 5. The van der Waals surface area contributed by atoms with Gasteiger partial charge in [-0.2, -0.15) is 0 Å². The molecule has 0 N–H and O–H groups in total. The quantitative estimate of drug-likeness (QED) is 0.518. The molecule has 0 radical (unpaired) electrons. The lowest BCUT2D eigenvalue weighted by atomic mass is 10.1. The molecular weight excluding hydrogens is 427 g/mol. The van der Waals surface area contributed by atoms with Crippen LogP contribution in [0.3, 0.4) is 0 Å². The van der Waals surface area contributed by atoms with Crippen molar-refractivity contribution in [2.24, 2.45) is 0 Å². The van der Waals surface area contributed by atoms with Gasteiger partial charge in [0.25, 0.3) is 11.6 Å². The maximum atomic E-state index is 13.2. The fourth-order valence-electron chi connectivity index (χ4n) is 3.17. The van der Waals surface area contributed by atoms with Gasteiger partial charge in [0.05, 0.1) is 16.4 Å². The highest BCUT2D eigenvalue weighted by atomic mass is 35.5. The third-order valence-electron chi connectivity index (χ3n) is 4.54. The van der Waals surface area contributed by atoms with Crippen LogP contribution in [0.15, 0.2) is 42.5 Å². The second-order valence-corrected chi connectivity index (χ2v) is 9.62. The first-order valence-corrected chi connectivity index (χ1v) is 10.9. The highest BCUT2D eigenvalue weighted by molar-refractivity contribution is 7.91. The van der Waals surface area contributed by atoms with E-state index in [4.69, 9.17) is 23.2 Å². The van der Waals surface area contributed by atoms with Gasteiger partial charge < -0.3 is 4.90 Å². The minimum atomic E-state index is -3.23. The fraction of sp³-hybridized carbons (Fsp3) is 0.278. The van der Waals surface area contributed by atoms with Crippen molar-refractivity contribution in [1.82, 2.24) is 4.90 Å². The van der Waals surface area contributed by atoms with E-state index in [2.05, 4.69) is 0 Å². The van der Waals surface area contributed by atoms with Gasteiger partial charge in [-0.25, -0.2) is 8.42 Å². The van der Waals surface area contributed by atoms with Gasteiger partial charge >= 0.3 is 0 Å². The van der Waals surface area contributed by atoms with Crippen molar-refractivity contribution in [2.75, 3.05) is 11.5 Å². The van der Waals surface area contributed by atoms with Crippen molar-refractivity contribution >= 4 is 44.6 Å². The Labute approximate surface area is 171 Å². The molecule has 1 aliphatic heterocycles. The second-order valence-electron chi connectivity index (χ2n) is 6.54. The summed E-state index contributed by atoms with van der Waals surface area (Å²) in [6.45, 7) is 0.135. The van der Waals surface area contributed by atoms with Crippen molar-refractivity contribution in [3.63, 3.8) is 0 Å². The van der Waals surface area contributed by atoms with Crippen molar-refractivity contribution in [3.8, 4) is 0 Å². The summed E-state index contributed by atoms with van der Waals surface area (Å²) in [6.07, 6.45) is 0.310. The van der Waals surface area contributed by atoms with Crippen LogP contribution in [0.1, 0.15) is 22.3 Å². The minimum Gasteiger partial charge on any atom is -0.330 e. The van der Waals surface area contributed by atoms with Crippen LogP contribution in [0.2, 0.25) is 10.0 Å². The molecule has 0 aromatic heterocycles. The minimum absolute atomic E-state index is 0.00222. The summed E-state index contributed by atoms with van der Waals surface area (Å²) in [6, 6.07) is 10.2. The third-order valence-corrected chi connectivity index (χ3v) is 6.85. The summed E-state index contributed by atoms with van der Waals surface area (Å²) < 4.78 is 23.9. The Bertz CT molecular complexity index is 1040. The molecule has 1 saturated heterocycles. The highest BCUT2D eigenvalue weighted by Crippen LogP contribution is 2.28. The van der Waals surface area contributed by atoms with Gasteiger partial charge in [0.1, 0.15) is 5.02 Å². The molecule has 1 aliphatic rings. The van der Waals surface area contributed by atoms with Gasteiger partial charge in [-0.15, -0.1) is 0 Å². The summed E-state index contributed by atoms with van der Waals surface area (Å²) in [7, 11) is -3.23. The average Bonchev–Trinajstić information content (AvgIpc) is 2.99. The Balaban J connectivity index is 1.97. The maximum absolute atomic E-state index is 13.2. The van der Waals surface area contributed by atoms with E-state index in [9.17, 15) is 23.3 Å². The Morgan fingerprint density at radius 3 is 2.57 bits per heavy atom. The van der Waals surface area contributed by atoms with E-state index in [0.717, 1.165) is 11.6 Å². The lowest BCUT2D eigenvalue weighted by Crippen LogP contribution is -2.40. The molecule has 3 rings (SSSR count). The number of nitro groups is 1. The number of hydrogen-bond donors (Lipinski definition) is 0. The molecule has 1 atom stereocenters. The Hall–Kier alpha value is -2.16. The molecule has 0 unspecified atom stereocenters. The zero-order valence-electron chi connectivity index (χ0n) is 14.5. The number of carbonyl (C=O) groups is 1. The number of carbonyl (C=O) groups excluding carboxylic acids is 1. The van der Waals surface area contributed by atoms with Gasteiger partial charge in [-0.05, 0) is 36.2 Å². The number of hydrogen-bond acceptors (Lipinski definition) is 5. The molecule has 2 aromatic rings. The lowest BCUT2D eigenvalue weighted by molar-refractivity contribution is -0.384. The predicted molar refractivity (Wildman–Crippen MR) is 106 cm³/mol. The molecule has 148 valence electrons. The standard InChI is InChI=1S/C18H16Cl2N2O5S/c19-14-3-1-2-12(8-14)10-21(15-6-7-28(26,27)11-15)18(23)13-4-5-16(20)17(9-13)22(24)25/h1-5,8-9,15H,6-7,10-11H2/t15-/m1/s1. The number of sulfone groups is 1. The summed E-state index contributed by atoms with van der Waals surface area (Å²) in [5.74, 6) is -0.644. The highest BCUT2D eigenvalue weighted by Gasteiger charge is 2.35.